The summed E-state index contributed by atoms with van der Waals surface area (Å²) >= 11 is 0. The van der Waals surface area contributed by atoms with Crippen molar-refractivity contribution in [1.82, 2.24) is 0 Å². The average Bonchev–Trinajstić information content (AvgIpc) is 2.73. The van der Waals surface area contributed by atoms with E-state index in [1.807, 2.05) is 6.08 Å². The minimum absolute atomic E-state index is 0.138. The number of carbonyl (C=O) groups is 2. The molecule has 0 aliphatic heterocycles. The zero-order chi connectivity index (χ0) is 21.5. The quantitative estimate of drug-likeness (QED) is 0.542. The Labute approximate surface area is 172 Å². The smallest absolute Gasteiger partial charge is 0.335 e. The van der Waals surface area contributed by atoms with Crippen LogP contribution in [0.1, 0.15) is 34.3 Å². The van der Waals surface area contributed by atoms with Gasteiger partial charge in [-0.05, 0) is 71.7 Å². The summed E-state index contributed by atoms with van der Waals surface area (Å²) in [7, 11) is 0. The molecule has 0 bridgehead atoms. The van der Waals surface area contributed by atoms with Gasteiger partial charge in [0.05, 0.1) is 5.56 Å². The molecule has 0 aliphatic rings. The second-order valence-electron chi connectivity index (χ2n) is 6.60. The molecule has 30 heavy (non-hydrogen) atoms. The van der Waals surface area contributed by atoms with Gasteiger partial charge in [-0.15, -0.1) is 0 Å². The molecular formula is C24H19F2NO3. The van der Waals surface area contributed by atoms with E-state index in [-0.39, 0.29) is 29.5 Å². The molecule has 152 valence electrons. The third-order valence-corrected chi connectivity index (χ3v) is 4.45. The predicted octanol–water partition coefficient (Wildman–Crippen LogP) is 5.51. The van der Waals surface area contributed by atoms with Crippen LogP contribution in [-0.2, 0) is 4.79 Å². The van der Waals surface area contributed by atoms with Crippen LogP contribution in [0.2, 0.25) is 0 Å². The van der Waals surface area contributed by atoms with E-state index in [1.54, 1.807) is 24.3 Å². The number of nitrogens with one attached hydrogen (secondary N) is 1. The molecule has 0 aromatic heterocycles. The number of benzene rings is 3. The number of anilines is 1. The summed E-state index contributed by atoms with van der Waals surface area (Å²) in [6.45, 7) is 0. The van der Waals surface area contributed by atoms with Crippen molar-refractivity contribution in [3.05, 3.63) is 107 Å². The zero-order valence-electron chi connectivity index (χ0n) is 15.9. The van der Waals surface area contributed by atoms with Crippen molar-refractivity contribution in [2.45, 2.75) is 12.8 Å². The molecule has 2 N–H and O–H groups in total. The normalized spacial score (nSPS) is 10.3. The first-order valence-corrected chi connectivity index (χ1v) is 9.27. The fourth-order valence-electron chi connectivity index (χ4n) is 2.93. The Balaban J connectivity index is 1.70. The van der Waals surface area contributed by atoms with Gasteiger partial charge in [-0.1, -0.05) is 30.3 Å². The van der Waals surface area contributed by atoms with Crippen LogP contribution in [0.15, 0.2) is 78.9 Å². The lowest BCUT2D eigenvalue weighted by Crippen LogP contribution is -2.11. The van der Waals surface area contributed by atoms with Crippen molar-refractivity contribution in [2.24, 2.45) is 0 Å². The standard InChI is InChI=1S/C24H19F2NO3/c25-19-10-4-16(5-11-19)22(17-6-12-20(26)13-7-17)2-1-3-23(28)27-21-14-8-18(9-15-21)24(29)30/h2,4-15H,1,3H2,(H,27,28)(H,29,30). The number of allylic oxidation sites excluding steroid dienone is 1. The first kappa shape index (κ1) is 20.9. The summed E-state index contributed by atoms with van der Waals surface area (Å²) in [4.78, 5) is 23.1. The van der Waals surface area contributed by atoms with Crippen molar-refractivity contribution < 1.29 is 23.5 Å². The van der Waals surface area contributed by atoms with Crippen molar-refractivity contribution in [2.75, 3.05) is 5.32 Å². The number of hydrogen-bond donors (Lipinski definition) is 2. The van der Waals surface area contributed by atoms with Gasteiger partial charge in [-0.2, -0.15) is 0 Å². The van der Waals surface area contributed by atoms with E-state index in [2.05, 4.69) is 5.32 Å². The number of halogens is 2. The SMILES string of the molecule is O=C(CCC=C(c1ccc(F)cc1)c1ccc(F)cc1)Nc1ccc(C(=O)O)cc1. The number of amides is 1. The van der Waals surface area contributed by atoms with E-state index in [4.69, 9.17) is 5.11 Å². The van der Waals surface area contributed by atoms with Gasteiger partial charge in [-0.3, -0.25) is 4.79 Å². The van der Waals surface area contributed by atoms with Crippen molar-refractivity contribution in [1.29, 1.82) is 0 Å². The Bertz CT molecular complexity index is 1010. The lowest BCUT2D eigenvalue weighted by Gasteiger charge is -2.10. The Morgan fingerprint density at radius 2 is 1.23 bits per heavy atom. The van der Waals surface area contributed by atoms with Crippen LogP contribution in [-0.4, -0.2) is 17.0 Å². The monoisotopic (exact) mass is 407 g/mol. The lowest BCUT2D eigenvalue weighted by atomic mass is 9.96. The first-order valence-electron chi connectivity index (χ1n) is 9.27. The summed E-state index contributed by atoms with van der Waals surface area (Å²) in [6.07, 6.45) is 2.45. The molecule has 0 radical (unpaired) electrons. The zero-order valence-corrected chi connectivity index (χ0v) is 15.9. The fourth-order valence-corrected chi connectivity index (χ4v) is 2.93. The maximum atomic E-state index is 13.3. The molecule has 1 amide bonds. The molecule has 3 aromatic rings. The van der Waals surface area contributed by atoms with E-state index in [9.17, 15) is 18.4 Å². The van der Waals surface area contributed by atoms with Crippen LogP contribution in [0.25, 0.3) is 5.57 Å². The van der Waals surface area contributed by atoms with Crippen LogP contribution in [0.4, 0.5) is 14.5 Å². The molecule has 0 heterocycles. The second kappa shape index (κ2) is 9.60. The minimum atomic E-state index is -1.04. The topological polar surface area (TPSA) is 66.4 Å². The molecule has 0 unspecified atom stereocenters. The van der Waals surface area contributed by atoms with Gasteiger partial charge >= 0.3 is 5.97 Å². The molecule has 6 heteroatoms. The van der Waals surface area contributed by atoms with E-state index in [0.717, 1.165) is 16.7 Å². The van der Waals surface area contributed by atoms with Crippen molar-refractivity contribution >= 4 is 23.1 Å². The van der Waals surface area contributed by atoms with E-state index >= 15 is 0 Å². The third-order valence-electron chi connectivity index (χ3n) is 4.45. The van der Waals surface area contributed by atoms with Crippen LogP contribution < -0.4 is 5.32 Å². The maximum Gasteiger partial charge on any atom is 0.335 e. The highest BCUT2D eigenvalue weighted by molar-refractivity contribution is 5.92. The van der Waals surface area contributed by atoms with Gasteiger partial charge < -0.3 is 10.4 Å². The van der Waals surface area contributed by atoms with Crippen LogP contribution >= 0.6 is 0 Å². The molecule has 4 nitrogen and oxygen atoms in total. The van der Waals surface area contributed by atoms with Gasteiger partial charge in [0, 0.05) is 12.1 Å². The fraction of sp³-hybridized carbons (Fsp3) is 0.0833. The number of rotatable bonds is 7. The molecule has 0 aliphatic carbocycles. The average molecular weight is 407 g/mol. The molecule has 0 saturated heterocycles. The van der Waals surface area contributed by atoms with Crippen LogP contribution in [0.5, 0.6) is 0 Å². The van der Waals surface area contributed by atoms with Crippen LogP contribution in [0, 0.1) is 11.6 Å². The Hall–Kier alpha value is -3.80. The number of carboxylic acid groups (broad SMARTS) is 1. The van der Waals surface area contributed by atoms with E-state index < -0.39 is 5.97 Å². The highest BCUT2D eigenvalue weighted by Gasteiger charge is 2.08. The molecule has 0 fully saturated rings. The number of aromatic carboxylic acids is 1. The number of carboxylic acids is 1. The number of carbonyl (C=O) groups excluding carboxylic acids is 1. The Morgan fingerprint density at radius 1 is 0.767 bits per heavy atom. The first-order chi connectivity index (χ1) is 14.4. The van der Waals surface area contributed by atoms with Gasteiger partial charge in [0.15, 0.2) is 0 Å². The molecular weight excluding hydrogens is 388 g/mol. The molecule has 0 atom stereocenters. The van der Waals surface area contributed by atoms with E-state index in [0.29, 0.717) is 12.1 Å². The lowest BCUT2D eigenvalue weighted by molar-refractivity contribution is -0.116. The molecule has 0 spiro atoms. The summed E-state index contributed by atoms with van der Waals surface area (Å²) in [6, 6.07) is 17.8. The maximum absolute atomic E-state index is 13.3. The summed E-state index contributed by atoms with van der Waals surface area (Å²) in [5, 5.41) is 11.6. The Kier molecular flexibility index (Phi) is 6.70. The highest BCUT2D eigenvalue weighted by Crippen LogP contribution is 2.25. The van der Waals surface area contributed by atoms with Gasteiger partial charge in [0.1, 0.15) is 11.6 Å². The molecule has 3 rings (SSSR count). The van der Waals surface area contributed by atoms with Gasteiger partial charge in [0.25, 0.3) is 0 Å². The predicted molar refractivity (Wildman–Crippen MR) is 111 cm³/mol. The molecule has 3 aromatic carbocycles. The summed E-state index contributed by atoms with van der Waals surface area (Å²) in [5.74, 6) is -1.98. The van der Waals surface area contributed by atoms with Gasteiger partial charge in [-0.25, -0.2) is 13.6 Å². The highest BCUT2D eigenvalue weighted by atomic mass is 19.1. The second-order valence-corrected chi connectivity index (χ2v) is 6.60. The Morgan fingerprint density at radius 3 is 1.70 bits per heavy atom. The third kappa shape index (κ3) is 5.61. The van der Waals surface area contributed by atoms with E-state index in [1.165, 1.54) is 48.5 Å². The summed E-state index contributed by atoms with van der Waals surface area (Å²) < 4.78 is 26.6. The van der Waals surface area contributed by atoms with Gasteiger partial charge in [0.2, 0.25) is 5.91 Å². The van der Waals surface area contributed by atoms with Crippen LogP contribution in [0.3, 0.4) is 0 Å². The largest absolute Gasteiger partial charge is 0.478 e. The van der Waals surface area contributed by atoms with Crippen molar-refractivity contribution in [3.63, 3.8) is 0 Å². The van der Waals surface area contributed by atoms with Crippen molar-refractivity contribution in [3.8, 4) is 0 Å². The minimum Gasteiger partial charge on any atom is -0.478 e. The number of hydrogen-bond acceptors (Lipinski definition) is 2. The summed E-state index contributed by atoms with van der Waals surface area (Å²) in [5.41, 5.74) is 2.93. The molecule has 0 saturated carbocycles.